The molecule has 1 atom stereocenters. The van der Waals surface area contributed by atoms with Crippen LogP contribution in [0.25, 0.3) is 0 Å². The van der Waals surface area contributed by atoms with Crippen LogP contribution in [0.5, 0.6) is 0 Å². The Morgan fingerprint density at radius 2 is 1.80 bits per heavy atom. The molecule has 6 heteroatoms. The minimum atomic E-state index is -3.47. The van der Waals surface area contributed by atoms with Crippen molar-refractivity contribution in [1.29, 1.82) is 0 Å². The quantitative estimate of drug-likeness (QED) is 0.853. The first-order valence-electron chi connectivity index (χ1n) is 7.05. The standard InChI is InChI=1S/C14H23N3O2S/c1-3-12(2)16-8-10-17(11-9-16)20(18,19)14-7-5-4-6-13(14)15/h4-7,12H,3,8-11,15H2,1-2H3. The minimum absolute atomic E-state index is 0.219. The van der Waals surface area contributed by atoms with Crippen LogP contribution < -0.4 is 5.73 Å². The first-order chi connectivity index (χ1) is 9.46. The monoisotopic (exact) mass is 297 g/mol. The number of anilines is 1. The Morgan fingerprint density at radius 1 is 1.20 bits per heavy atom. The van der Waals surface area contributed by atoms with Gasteiger partial charge in [0.15, 0.2) is 0 Å². The highest BCUT2D eigenvalue weighted by Crippen LogP contribution is 2.23. The number of piperazine rings is 1. The van der Waals surface area contributed by atoms with Gasteiger partial charge in [0, 0.05) is 32.2 Å². The van der Waals surface area contributed by atoms with Gasteiger partial charge in [-0.1, -0.05) is 19.1 Å². The van der Waals surface area contributed by atoms with Crippen molar-refractivity contribution in [3.63, 3.8) is 0 Å². The zero-order valence-electron chi connectivity index (χ0n) is 12.1. The lowest BCUT2D eigenvalue weighted by molar-refractivity contribution is 0.142. The summed E-state index contributed by atoms with van der Waals surface area (Å²) in [6.45, 7) is 6.95. The molecule has 2 rings (SSSR count). The van der Waals surface area contributed by atoms with Crippen molar-refractivity contribution in [2.75, 3.05) is 31.9 Å². The average molecular weight is 297 g/mol. The van der Waals surface area contributed by atoms with Crippen LogP contribution in [-0.4, -0.2) is 49.8 Å². The number of nitrogens with zero attached hydrogens (tertiary/aromatic N) is 2. The summed E-state index contributed by atoms with van der Waals surface area (Å²) in [7, 11) is -3.47. The molecular weight excluding hydrogens is 274 g/mol. The van der Waals surface area contributed by atoms with E-state index in [0.29, 0.717) is 24.8 Å². The summed E-state index contributed by atoms with van der Waals surface area (Å²) in [6, 6.07) is 7.16. The lowest BCUT2D eigenvalue weighted by Crippen LogP contribution is -2.51. The molecular formula is C14H23N3O2S. The zero-order valence-corrected chi connectivity index (χ0v) is 12.9. The molecule has 20 heavy (non-hydrogen) atoms. The maximum absolute atomic E-state index is 12.6. The molecule has 1 fully saturated rings. The Kier molecular flexibility index (Phi) is 4.67. The van der Waals surface area contributed by atoms with Gasteiger partial charge in [0.05, 0.1) is 5.69 Å². The topological polar surface area (TPSA) is 66.6 Å². The molecule has 112 valence electrons. The van der Waals surface area contributed by atoms with Gasteiger partial charge in [0.2, 0.25) is 10.0 Å². The second kappa shape index (κ2) is 6.11. The van der Waals surface area contributed by atoms with Gasteiger partial charge in [-0.2, -0.15) is 4.31 Å². The summed E-state index contributed by atoms with van der Waals surface area (Å²) >= 11 is 0. The van der Waals surface area contributed by atoms with Gasteiger partial charge in [0.1, 0.15) is 4.90 Å². The van der Waals surface area contributed by atoms with E-state index in [1.165, 1.54) is 4.31 Å². The van der Waals surface area contributed by atoms with Crippen molar-refractivity contribution in [3.8, 4) is 0 Å². The van der Waals surface area contributed by atoms with Crippen LogP contribution in [0.15, 0.2) is 29.2 Å². The molecule has 1 aliphatic rings. The molecule has 0 bridgehead atoms. The molecule has 0 amide bonds. The molecule has 1 aromatic carbocycles. The Bertz CT molecular complexity index is 551. The molecule has 1 unspecified atom stereocenters. The van der Waals surface area contributed by atoms with Gasteiger partial charge in [0.25, 0.3) is 0 Å². The van der Waals surface area contributed by atoms with Gasteiger partial charge in [-0.3, -0.25) is 4.90 Å². The smallest absolute Gasteiger partial charge is 0.245 e. The summed E-state index contributed by atoms with van der Waals surface area (Å²) in [6.07, 6.45) is 1.08. The molecule has 0 spiro atoms. The summed E-state index contributed by atoms with van der Waals surface area (Å²) in [5, 5.41) is 0. The van der Waals surface area contributed by atoms with Gasteiger partial charge in [-0.05, 0) is 25.5 Å². The summed E-state index contributed by atoms with van der Waals surface area (Å²) in [5.74, 6) is 0. The van der Waals surface area contributed by atoms with E-state index in [9.17, 15) is 8.42 Å². The molecule has 1 aliphatic heterocycles. The number of nitrogen functional groups attached to an aromatic ring is 1. The molecule has 5 nitrogen and oxygen atoms in total. The summed E-state index contributed by atoms with van der Waals surface area (Å²) in [4.78, 5) is 2.55. The third-order valence-corrected chi connectivity index (χ3v) is 6.00. The maximum Gasteiger partial charge on any atom is 0.245 e. The van der Waals surface area contributed by atoms with E-state index in [-0.39, 0.29) is 4.90 Å². The van der Waals surface area contributed by atoms with E-state index < -0.39 is 10.0 Å². The molecule has 1 saturated heterocycles. The predicted molar refractivity (Wildman–Crippen MR) is 80.9 cm³/mol. The normalized spacial score (nSPS) is 19.9. The minimum Gasteiger partial charge on any atom is -0.398 e. The Balaban J connectivity index is 2.12. The number of nitrogens with two attached hydrogens (primary N) is 1. The van der Waals surface area contributed by atoms with Crippen molar-refractivity contribution in [3.05, 3.63) is 24.3 Å². The van der Waals surface area contributed by atoms with Gasteiger partial charge >= 0.3 is 0 Å². The van der Waals surface area contributed by atoms with E-state index >= 15 is 0 Å². The highest BCUT2D eigenvalue weighted by molar-refractivity contribution is 7.89. The molecule has 0 radical (unpaired) electrons. The van der Waals surface area contributed by atoms with Gasteiger partial charge in [-0.15, -0.1) is 0 Å². The van der Waals surface area contributed by atoms with Crippen LogP contribution in [0.1, 0.15) is 20.3 Å². The predicted octanol–water partition coefficient (Wildman–Crippen LogP) is 1.37. The highest BCUT2D eigenvalue weighted by Gasteiger charge is 2.30. The van der Waals surface area contributed by atoms with Crippen LogP contribution >= 0.6 is 0 Å². The fourth-order valence-electron chi connectivity index (χ4n) is 2.50. The lowest BCUT2D eigenvalue weighted by Gasteiger charge is -2.37. The fourth-order valence-corrected chi connectivity index (χ4v) is 4.04. The third kappa shape index (κ3) is 2.97. The SMILES string of the molecule is CCC(C)N1CCN(S(=O)(=O)c2ccccc2N)CC1. The Hall–Kier alpha value is -1.11. The average Bonchev–Trinajstić information content (AvgIpc) is 2.47. The molecule has 0 saturated carbocycles. The second-order valence-corrected chi connectivity index (χ2v) is 7.14. The number of benzene rings is 1. The van der Waals surface area contributed by atoms with Crippen molar-refractivity contribution in [2.45, 2.75) is 31.2 Å². The van der Waals surface area contributed by atoms with E-state index in [0.717, 1.165) is 19.5 Å². The van der Waals surface area contributed by atoms with Crippen molar-refractivity contribution in [2.24, 2.45) is 0 Å². The van der Waals surface area contributed by atoms with E-state index in [2.05, 4.69) is 18.7 Å². The van der Waals surface area contributed by atoms with Crippen LogP contribution in [0.3, 0.4) is 0 Å². The van der Waals surface area contributed by atoms with E-state index in [4.69, 9.17) is 5.73 Å². The number of hydrogen-bond acceptors (Lipinski definition) is 4. The summed E-state index contributed by atoms with van der Waals surface area (Å²) in [5.41, 5.74) is 6.11. The van der Waals surface area contributed by atoms with Crippen LogP contribution in [0.4, 0.5) is 5.69 Å². The number of rotatable bonds is 4. The first-order valence-corrected chi connectivity index (χ1v) is 8.49. The van der Waals surface area contributed by atoms with Crippen LogP contribution in [0, 0.1) is 0 Å². The molecule has 2 N–H and O–H groups in total. The van der Waals surface area contributed by atoms with Crippen molar-refractivity contribution < 1.29 is 8.42 Å². The van der Waals surface area contributed by atoms with E-state index in [1.54, 1.807) is 24.3 Å². The van der Waals surface area contributed by atoms with Crippen LogP contribution in [-0.2, 0) is 10.0 Å². The number of para-hydroxylation sites is 1. The first kappa shape index (κ1) is 15.3. The molecule has 1 aromatic rings. The van der Waals surface area contributed by atoms with Gasteiger partial charge in [-0.25, -0.2) is 8.42 Å². The van der Waals surface area contributed by atoms with Gasteiger partial charge < -0.3 is 5.73 Å². The largest absolute Gasteiger partial charge is 0.398 e. The third-order valence-electron chi connectivity index (χ3n) is 4.02. The highest BCUT2D eigenvalue weighted by atomic mass is 32.2. The Labute approximate surface area is 121 Å². The second-order valence-electron chi connectivity index (χ2n) is 5.24. The van der Waals surface area contributed by atoms with Crippen molar-refractivity contribution >= 4 is 15.7 Å². The van der Waals surface area contributed by atoms with E-state index in [1.807, 2.05) is 0 Å². The molecule has 1 heterocycles. The lowest BCUT2D eigenvalue weighted by atomic mass is 10.2. The molecule has 0 aliphatic carbocycles. The molecule has 0 aromatic heterocycles. The number of sulfonamides is 1. The van der Waals surface area contributed by atoms with Crippen molar-refractivity contribution in [1.82, 2.24) is 9.21 Å². The fraction of sp³-hybridized carbons (Fsp3) is 0.571. The maximum atomic E-state index is 12.6. The summed E-state index contributed by atoms with van der Waals surface area (Å²) < 4.78 is 26.7. The Morgan fingerprint density at radius 3 is 2.35 bits per heavy atom. The van der Waals surface area contributed by atoms with Crippen LogP contribution in [0.2, 0.25) is 0 Å². The number of hydrogen-bond donors (Lipinski definition) is 1. The zero-order chi connectivity index (χ0) is 14.8.